The minimum atomic E-state index is 0.0906. The van der Waals surface area contributed by atoms with Crippen LogP contribution in [0.3, 0.4) is 0 Å². The van der Waals surface area contributed by atoms with Crippen LogP contribution in [0, 0.1) is 6.92 Å². The Balaban J connectivity index is 1.32. The molecule has 28 heavy (non-hydrogen) atoms. The number of hydrogen-bond acceptors (Lipinski definition) is 2. The van der Waals surface area contributed by atoms with Crippen molar-refractivity contribution in [3.05, 3.63) is 71.3 Å². The van der Waals surface area contributed by atoms with E-state index in [1.54, 1.807) is 0 Å². The number of aryl methyl sites for hydroxylation is 1. The number of piperidine rings is 1. The van der Waals surface area contributed by atoms with Crippen molar-refractivity contribution in [2.45, 2.75) is 32.4 Å². The molecule has 0 saturated carbocycles. The van der Waals surface area contributed by atoms with E-state index in [-0.39, 0.29) is 18.0 Å². The van der Waals surface area contributed by atoms with E-state index >= 15 is 0 Å². The van der Waals surface area contributed by atoms with Crippen LogP contribution in [0.2, 0.25) is 0 Å². The van der Waals surface area contributed by atoms with Crippen molar-refractivity contribution in [1.82, 2.24) is 14.7 Å². The molecule has 0 unspecified atom stereocenters. The van der Waals surface area contributed by atoms with Crippen molar-refractivity contribution in [3.8, 4) is 0 Å². The van der Waals surface area contributed by atoms with Crippen LogP contribution in [0.25, 0.3) is 0 Å². The van der Waals surface area contributed by atoms with Crippen LogP contribution in [0.15, 0.2) is 54.6 Å². The van der Waals surface area contributed by atoms with Crippen molar-refractivity contribution < 1.29 is 9.59 Å². The third kappa shape index (κ3) is 3.88. The summed E-state index contributed by atoms with van der Waals surface area (Å²) < 4.78 is 0. The molecule has 0 N–H and O–H groups in total. The Labute approximate surface area is 166 Å². The van der Waals surface area contributed by atoms with E-state index in [4.69, 9.17) is 0 Å². The van der Waals surface area contributed by atoms with Gasteiger partial charge in [0.15, 0.2) is 0 Å². The van der Waals surface area contributed by atoms with Gasteiger partial charge in [-0.25, -0.2) is 4.79 Å². The van der Waals surface area contributed by atoms with Crippen molar-refractivity contribution in [2.24, 2.45) is 0 Å². The van der Waals surface area contributed by atoms with Gasteiger partial charge in [0.1, 0.15) is 0 Å². The monoisotopic (exact) mass is 377 g/mol. The maximum atomic E-state index is 12.9. The Hall–Kier alpha value is -2.82. The molecule has 0 aliphatic carbocycles. The Morgan fingerprint density at radius 1 is 0.929 bits per heavy atom. The van der Waals surface area contributed by atoms with Gasteiger partial charge in [0, 0.05) is 44.3 Å². The summed E-state index contributed by atoms with van der Waals surface area (Å²) in [5, 5.41) is 0. The van der Waals surface area contributed by atoms with Crippen LogP contribution in [0.4, 0.5) is 4.79 Å². The highest BCUT2D eigenvalue weighted by atomic mass is 16.2. The molecule has 5 heteroatoms. The fraction of sp³-hybridized carbons (Fsp3) is 0.391. The number of nitrogens with zero attached hydrogens (tertiary/aromatic N) is 3. The predicted molar refractivity (Wildman–Crippen MR) is 109 cm³/mol. The molecule has 2 fully saturated rings. The number of benzene rings is 2. The van der Waals surface area contributed by atoms with Crippen LogP contribution in [-0.2, 0) is 6.54 Å². The zero-order valence-corrected chi connectivity index (χ0v) is 16.4. The van der Waals surface area contributed by atoms with E-state index in [0.717, 1.165) is 31.5 Å². The first-order valence-corrected chi connectivity index (χ1v) is 10.1. The molecule has 0 bridgehead atoms. The van der Waals surface area contributed by atoms with Crippen LogP contribution < -0.4 is 0 Å². The average molecular weight is 377 g/mol. The SMILES string of the molecule is Cc1ccc(CN2CCN(C3CCN(C(=O)c4ccccc4)CC3)C2=O)cc1. The standard InChI is InChI=1S/C23H27N3O2/c1-18-7-9-19(10-8-18)17-25-15-16-26(23(25)28)21-11-13-24(14-12-21)22(27)20-5-3-2-4-6-20/h2-10,21H,11-17H2,1H3. The van der Waals surface area contributed by atoms with Gasteiger partial charge in [-0.3, -0.25) is 4.79 Å². The molecule has 2 aliphatic rings. The van der Waals surface area contributed by atoms with Crippen LogP contribution in [-0.4, -0.2) is 58.9 Å². The molecule has 146 valence electrons. The molecule has 0 aromatic heterocycles. The molecule has 2 saturated heterocycles. The molecule has 0 atom stereocenters. The van der Waals surface area contributed by atoms with Crippen LogP contribution in [0.5, 0.6) is 0 Å². The highest BCUT2D eigenvalue weighted by Gasteiger charge is 2.36. The number of likely N-dealkylation sites (tertiary alicyclic amines) is 1. The van der Waals surface area contributed by atoms with Gasteiger partial charge in [-0.1, -0.05) is 48.0 Å². The van der Waals surface area contributed by atoms with Crippen LogP contribution in [0.1, 0.15) is 34.3 Å². The third-order valence-corrected chi connectivity index (χ3v) is 5.83. The lowest BCUT2D eigenvalue weighted by molar-refractivity contribution is 0.0663. The summed E-state index contributed by atoms with van der Waals surface area (Å²) in [5.41, 5.74) is 3.14. The fourth-order valence-electron chi connectivity index (χ4n) is 4.14. The Kier molecular flexibility index (Phi) is 5.33. The van der Waals surface area contributed by atoms with Gasteiger partial charge < -0.3 is 14.7 Å². The minimum Gasteiger partial charge on any atom is -0.338 e. The summed E-state index contributed by atoms with van der Waals surface area (Å²) in [5.74, 6) is 0.0906. The maximum Gasteiger partial charge on any atom is 0.320 e. The number of carbonyl (C=O) groups excluding carboxylic acids is 2. The van der Waals surface area contributed by atoms with Gasteiger partial charge in [-0.2, -0.15) is 0 Å². The van der Waals surface area contributed by atoms with E-state index in [2.05, 4.69) is 31.2 Å². The second kappa shape index (κ2) is 8.05. The molecule has 2 aromatic carbocycles. The van der Waals surface area contributed by atoms with E-state index in [1.807, 2.05) is 45.0 Å². The first-order valence-electron chi connectivity index (χ1n) is 10.1. The predicted octanol–water partition coefficient (Wildman–Crippen LogP) is 3.54. The zero-order chi connectivity index (χ0) is 19.5. The second-order valence-corrected chi connectivity index (χ2v) is 7.77. The number of carbonyl (C=O) groups is 2. The minimum absolute atomic E-state index is 0.0906. The first kappa shape index (κ1) is 18.5. The Morgan fingerprint density at radius 3 is 2.29 bits per heavy atom. The first-order chi connectivity index (χ1) is 13.6. The Bertz CT molecular complexity index is 827. The third-order valence-electron chi connectivity index (χ3n) is 5.83. The summed E-state index contributed by atoms with van der Waals surface area (Å²) >= 11 is 0. The molecular formula is C23H27N3O2. The Morgan fingerprint density at radius 2 is 1.61 bits per heavy atom. The van der Waals surface area contributed by atoms with Crippen molar-refractivity contribution in [3.63, 3.8) is 0 Å². The topological polar surface area (TPSA) is 43.9 Å². The molecular weight excluding hydrogens is 350 g/mol. The number of rotatable bonds is 4. The molecule has 5 nitrogen and oxygen atoms in total. The summed E-state index contributed by atoms with van der Waals surface area (Å²) in [6, 6.07) is 18.2. The lowest BCUT2D eigenvalue weighted by atomic mass is 10.0. The van der Waals surface area contributed by atoms with Gasteiger partial charge in [0.25, 0.3) is 5.91 Å². The smallest absolute Gasteiger partial charge is 0.320 e. The van der Waals surface area contributed by atoms with Crippen molar-refractivity contribution >= 4 is 11.9 Å². The van der Waals surface area contributed by atoms with Crippen molar-refractivity contribution in [2.75, 3.05) is 26.2 Å². The average Bonchev–Trinajstić information content (AvgIpc) is 3.10. The molecule has 2 heterocycles. The molecule has 0 radical (unpaired) electrons. The molecule has 2 aliphatic heterocycles. The summed E-state index contributed by atoms with van der Waals surface area (Å²) in [7, 11) is 0. The second-order valence-electron chi connectivity index (χ2n) is 7.77. The van der Waals surface area contributed by atoms with E-state index < -0.39 is 0 Å². The maximum absolute atomic E-state index is 12.9. The fourth-order valence-corrected chi connectivity index (χ4v) is 4.14. The van der Waals surface area contributed by atoms with E-state index in [1.165, 1.54) is 11.1 Å². The lowest BCUT2D eigenvalue weighted by Gasteiger charge is -2.36. The summed E-state index contributed by atoms with van der Waals surface area (Å²) in [6.07, 6.45) is 1.70. The van der Waals surface area contributed by atoms with Gasteiger partial charge in [-0.05, 0) is 37.5 Å². The van der Waals surface area contributed by atoms with E-state index in [9.17, 15) is 9.59 Å². The van der Waals surface area contributed by atoms with Gasteiger partial charge in [0.2, 0.25) is 0 Å². The number of amides is 3. The lowest BCUT2D eigenvalue weighted by Crippen LogP contribution is -2.48. The zero-order valence-electron chi connectivity index (χ0n) is 16.4. The van der Waals surface area contributed by atoms with E-state index in [0.29, 0.717) is 19.6 Å². The summed E-state index contributed by atoms with van der Waals surface area (Å²) in [4.78, 5) is 31.4. The highest BCUT2D eigenvalue weighted by molar-refractivity contribution is 5.94. The van der Waals surface area contributed by atoms with Gasteiger partial charge >= 0.3 is 6.03 Å². The molecule has 3 amide bonds. The molecule has 0 spiro atoms. The molecule has 2 aromatic rings. The van der Waals surface area contributed by atoms with Gasteiger partial charge in [-0.15, -0.1) is 0 Å². The number of hydrogen-bond donors (Lipinski definition) is 0. The van der Waals surface area contributed by atoms with Crippen LogP contribution >= 0.6 is 0 Å². The van der Waals surface area contributed by atoms with Crippen molar-refractivity contribution in [1.29, 1.82) is 0 Å². The largest absolute Gasteiger partial charge is 0.338 e. The van der Waals surface area contributed by atoms with Gasteiger partial charge in [0.05, 0.1) is 0 Å². The normalized spacial score (nSPS) is 18.0. The number of urea groups is 1. The molecule has 4 rings (SSSR count). The highest BCUT2D eigenvalue weighted by Crippen LogP contribution is 2.23. The summed E-state index contributed by atoms with van der Waals surface area (Å²) in [6.45, 7) is 5.71. The quantitative estimate of drug-likeness (QED) is 0.818.